The molecule has 0 saturated carbocycles. The summed E-state index contributed by atoms with van der Waals surface area (Å²) in [6.45, 7) is 1.68. The van der Waals surface area contributed by atoms with Crippen molar-refractivity contribution in [2.75, 3.05) is 5.32 Å². The Labute approximate surface area is 124 Å². The lowest BCUT2D eigenvalue weighted by molar-refractivity contribution is -0.173. The summed E-state index contributed by atoms with van der Waals surface area (Å²) in [5.41, 5.74) is 1.34. The Kier molecular flexibility index (Phi) is 3.36. The van der Waals surface area contributed by atoms with E-state index in [1.165, 1.54) is 0 Å². The minimum atomic E-state index is -4.33. The number of aryl methyl sites for hydroxylation is 1. The number of rotatable bonds is 1. The second kappa shape index (κ2) is 4.94. The largest absolute Gasteiger partial charge is 0.410 e. The van der Waals surface area contributed by atoms with Crippen LogP contribution in [0.4, 0.5) is 19.0 Å². The van der Waals surface area contributed by atoms with Gasteiger partial charge in [-0.1, -0.05) is 23.7 Å². The van der Waals surface area contributed by atoms with E-state index < -0.39 is 18.3 Å². The first-order valence-electron chi connectivity index (χ1n) is 6.49. The summed E-state index contributed by atoms with van der Waals surface area (Å²) in [6.07, 6.45) is -4.43. The Bertz CT molecular complexity index is 648. The smallest absolute Gasteiger partial charge is 0.363 e. The number of benzene rings is 1. The summed E-state index contributed by atoms with van der Waals surface area (Å²) in [7, 11) is 0. The van der Waals surface area contributed by atoms with Gasteiger partial charge in [0.05, 0.1) is 11.7 Å². The van der Waals surface area contributed by atoms with E-state index in [0.717, 1.165) is 10.2 Å². The van der Waals surface area contributed by atoms with E-state index in [2.05, 4.69) is 10.4 Å². The first-order chi connectivity index (χ1) is 9.84. The SMILES string of the molecule is Cc1cc2n(n1)[C@H](C(F)(F)F)C[C@H](c1ccc(Cl)cc1)N2. The minimum Gasteiger partial charge on any atom is -0.363 e. The second-order valence-corrected chi connectivity index (χ2v) is 5.59. The number of fused-ring (bicyclic) bond motifs is 1. The normalized spacial score (nSPS) is 21.8. The van der Waals surface area contributed by atoms with Crippen molar-refractivity contribution in [3.8, 4) is 0 Å². The highest BCUT2D eigenvalue weighted by Crippen LogP contribution is 2.43. The molecule has 1 N–H and O–H groups in total. The number of anilines is 1. The maximum absolute atomic E-state index is 13.3. The fraction of sp³-hybridized carbons (Fsp3) is 0.357. The molecule has 2 aromatic rings. The number of nitrogens with zero attached hydrogens (tertiary/aromatic N) is 2. The molecular weight excluding hydrogens is 303 g/mol. The summed E-state index contributed by atoms with van der Waals surface area (Å²) < 4.78 is 40.8. The molecule has 0 fully saturated rings. The number of halogens is 4. The molecule has 0 amide bonds. The van der Waals surface area contributed by atoms with Gasteiger partial charge in [-0.05, 0) is 24.6 Å². The Morgan fingerprint density at radius 1 is 1.29 bits per heavy atom. The Morgan fingerprint density at radius 3 is 2.57 bits per heavy atom. The van der Waals surface area contributed by atoms with Gasteiger partial charge in [0, 0.05) is 17.5 Å². The van der Waals surface area contributed by atoms with Crippen molar-refractivity contribution in [2.45, 2.75) is 31.6 Å². The van der Waals surface area contributed by atoms with E-state index in [0.29, 0.717) is 16.5 Å². The van der Waals surface area contributed by atoms with Gasteiger partial charge in [0.15, 0.2) is 6.04 Å². The van der Waals surface area contributed by atoms with Crippen molar-refractivity contribution in [1.29, 1.82) is 0 Å². The minimum absolute atomic E-state index is 0.0980. The quantitative estimate of drug-likeness (QED) is 0.839. The number of hydrogen-bond acceptors (Lipinski definition) is 2. The van der Waals surface area contributed by atoms with Crippen LogP contribution in [-0.2, 0) is 0 Å². The molecule has 112 valence electrons. The summed E-state index contributed by atoms with van der Waals surface area (Å²) in [4.78, 5) is 0. The Hall–Kier alpha value is -1.69. The zero-order valence-corrected chi connectivity index (χ0v) is 11.9. The fourth-order valence-electron chi connectivity index (χ4n) is 2.61. The molecule has 3 rings (SSSR count). The van der Waals surface area contributed by atoms with Crippen LogP contribution in [0.15, 0.2) is 30.3 Å². The fourth-order valence-corrected chi connectivity index (χ4v) is 2.74. The van der Waals surface area contributed by atoms with E-state index in [1.807, 2.05) is 0 Å². The average molecular weight is 316 g/mol. The van der Waals surface area contributed by atoms with Crippen molar-refractivity contribution in [1.82, 2.24) is 9.78 Å². The van der Waals surface area contributed by atoms with Crippen LogP contribution in [-0.4, -0.2) is 16.0 Å². The topological polar surface area (TPSA) is 29.9 Å². The molecule has 0 bridgehead atoms. The van der Waals surface area contributed by atoms with Crippen molar-refractivity contribution in [3.05, 3.63) is 46.6 Å². The van der Waals surface area contributed by atoms with Gasteiger partial charge < -0.3 is 5.32 Å². The molecule has 0 unspecified atom stereocenters. The van der Waals surface area contributed by atoms with Gasteiger partial charge in [0.25, 0.3) is 0 Å². The van der Waals surface area contributed by atoms with Crippen molar-refractivity contribution >= 4 is 17.4 Å². The monoisotopic (exact) mass is 315 g/mol. The van der Waals surface area contributed by atoms with Gasteiger partial charge in [-0.3, -0.25) is 0 Å². The Morgan fingerprint density at radius 2 is 1.95 bits per heavy atom. The number of hydrogen-bond donors (Lipinski definition) is 1. The van der Waals surface area contributed by atoms with Crippen molar-refractivity contribution in [3.63, 3.8) is 0 Å². The summed E-state index contributed by atoms with van der Waals surface area (Å²) in [6, 6.07) is 6.43. The van der Waals surface area contributed by atoms with E-state index >= 15 is 0 Å². The average Bonchev–Trinajstić information content (AvgIpc) is 2.77. The highest BCUT2D eigenvalue weighted by Gasteiger charge is 2.46. The number of aromatic nitrogens is 2. The van der Waals surface area contributed by atoms with Crippen LogP contribution in [0, 0.1) is 6.92 Å². The third-order valence-electron chi connectivity index (χ3n) is 3.58. The molecule has 1 aromatic carbocycles. The van der Waals surface area contributed by atoms with Crippen LogP contribution in [0.5, 0.6) is 0 Å². The zero-order chi connectivity index (χ0) is 15.2. The maximum Gasteiger partial charge on any atom is 0.410 e. The lowest BCUT2D eigenvalue weighted by Crippen LogP contribution is -2.35. The van der Waals surface area contributed by atoms with Gasteiger partial charge in [-0.15, -0.1) is 0 Å². The predicted octanol–water partition coefficient (Wildman–Crippen LogP) is 4.51. The lowest BCUT2D eigenvalue weighted by Gasteiger charge is -2.33. The molecule has 1 aliphatic heterocycles. The van der Waals surface area contributed by atoms with Crippen LogP contribution < -0.4 is 5.32 Å². The lowest BCUT2D eigenvalue weighted by atomic mass is 9.97. The third-order valence-corrected chi connectivity index (χ3v) is 3.84. The summed E-state index contributed by atoms with van der Waals surface area (Å²) in [5, 5.41) is 7.63. The molecule has 0 spiro atoms. The summed E-state index contributed by atoms with van der Waals surface area (Å²) in [5.74, 6) is 0.390. The predicted molar refractivity (Wildman–Crippen MR) is 74.5 cm³/mol. The van der Waals surface area contributed by atoms with E-state index in [-0.39, 0.29) is 6.42 Å². The maximum atomic E-state index is 13.3. The van der Waals surface area contributed by atoms with E-state index in [9.17, 15) is 13.2 Å². The number of nitrogens with one attached hydrogen (secondary N) is 1. The van der Waals surface area contributed by atoms with Gasteiger partial charge in [-0.2, -0.15) is 18.3 Å². The molecule has 2 heterocycles. The first kappa shape index (κ1) is 14.3. The van der Waals surface area contributed by atoms with Crippen LogP contribution in [0.2, 0.25) is 5.02 Å². The van der Waals surface area contributed by atoms with E-state index in [4.69, 9.17) is 11.6 Å². The van der Waals surface area contributed by atoms with Crippen molar-refractivity contribution in [2.24, 2.45) is 0 Å². The Balaban J connectivity index is 1.98. The van der Waals surface area contributed by atoms with Crippen molar-refractivity contribution < 1.29 is 13.2 Å². The summed E-state index contributed by atoms with van der Waals surface area (Å²) >= 11 is 5.82. The molecular formula is C14H13ClF3N3. The van der Waals surface area contributed by atoms with E-state index in [1.54, 1.807) is 37.3 Å². The molecule has 7 heteroatoms. The highest BCUT2D eigenvalue weighted by molar-refractivity contribution is 6.30. The number of alkyl halides is 3. The molecule has 2 atom stereocenters. The highest BCUT2D eigenvalue weighted by atomic mass is 35.5. The van der Waals surface area contributed by atoms with Crippen LogP contribution >= 0.6 is 11.6 Å². The molecule has 3 nitrogen and oxygen atoms in total. The third kappa shape index (κ3) is 2.72. The van der Waals surface area contributed by atoms with Gasteiger partial charge >= 0.3 is 6.18 Å². The van der Waals surface area contributed by atoms with Gasteiger partial charge in [0.1, 0.15) is 5.82 Å². The molecule has 21 heavy (non-hydrogen) atoms. The molecule has 0 radical (unpaired) electrons. The molecule has 0 aliphatic carbocycles. The standard InChI is InChI=1S/C14H13ClF3N3/c1-8-6-13-19-11(9-2-4-10(15)5-3-9)7-12(14(16,17)18)21(13)20-8/h2-6,11-12,19H,7H2,1H3/t11-,12+/m1/s1. The van der Waals surface area contributed by atoms with Gasteiger partial charge in [-0.25, -0.2) is 4.68 Å². The van der Waals surface area contributed by atoms with Crippen LogP contribution in [0.1, 0.15) is 29.8 Å². The van der Waals surface area contributed by atoms with Crippen LogP contribution in [0.3, 0.4) is 0 Å². The zero-order valence-electron chi connectivity index (χ0n) is 11.2. The molecule has 1 aliphatic rings. The first-order valence-corrected chi connectivity index (χ1v) is 6.87. The molecule has 0 saturated heterocycles. The second-order valence-electron chi connectivity index (χ2n) is 5.16. The molecule has 1 aromatic heterocycles. The van der Waals surface area contributed by atoms with Crippen LogP contribution in [0.25, 0.3) is 0 Å². The van der Waals surface area contributed by atoms with Gasteiger partial charge in [0.2, 0.25) is 0 Å².